The second-order valence-electron chi connectivity index (χ2n) is 4.83. The normalized spacial score (nSPS) is 12.4. The first-order chi connectivity index (χ1) is 9.58. The third-order valence-corrected chi connectivity index (χ3v) is 3.20. The molecule has 0 saturated carbocycles. The summed E-state index contributed by atoms with van der Waals surface area (Å²) >= 11 is 0. The number of hydrogen-bond donors (Lipinski definition) is 1. The minimum atomic E-state index is -0.888. The Hall–Kier alpha value is -1.81. The summed E-state index contributed by atoms with van der Waals surface area (Å²) < 4.78 is 38.8. The van der Waals surface area contributed by atoms with E-state index in [-0.39, 0.29) is 18.3 Å². The van der Waals surface area contributed by atoms with Crippen LogP contribution in [0.2, 0.25) is 0 Å². The van der Waals surface area contributed by atoms with Crippen LogP contribution in [0.4, 0.5) is 13.2 Å². The van der Waals surface area contributed by atoms with Crippen molar-refractivity contribution < 1.29 is 18.3 Å². The van der Waals surface area contributed by atoms with E-state index >= 15 is 0 Å². The van der Waals surface area contributed by atoms with Crippen LogP contribution < -0.4 is 0 Å². The smallest absolute Gasteiger partial charge is 0.159 e. The van der Waals surface area contributed by atoms with E-state index < -0.39 is 11.6 Å². The Balaban J connectivity index is 2.04. The standard InChI is InChI=1S/C16H15F3O/c17-14-4-1-11(2-5-14)7-13(10-20)8-12-3-6-15(18)16(19)9-12/h1-6,9,13,20H,7-8,10H2. The lowest BCUT2D eigenvalue weighted by molar-refractivity contribution is 0.225. The van der Waals surface area contributed by atoms with Crippen molar-refractivity contribution in [2.24, 2.45) is 5.92 Å². The molecule has 0 heterocycles. The molecule has 1 atom stereocenters. The summed E-state index contributed by atoms with van der Waals surface area (Å²) in [6.07, 6.45) is 0.987. The first-order valence-corrected chi connectivity index (χ1v) is 6.37. The summed E-state index contributed by atoms with van der Waals surface area (Å²) in [6, 6.07) is 9.76. The van der Waals surface area contributed by atoms with E-state index in [4.69, 9.17) is 0 Å². The number of benzene rings is 2. The van der Waals surface area contributed by atoms with Gasteiger partial charge < -0.3 is 5.11 Å². The van der Waals surface area contributed by atoms with Gasteiger partial charge in [-0.15, -0.1) is 0 Å². The van der Waals surface area contributed by atoms with E-state index in [0.717, 1.165) is 17.7 Å². The van der Waals surface area contributed by atoms with E-state index in [9.17, 15) is 18.3 Å². The van der Waals surface area contributed by atoms with Crippen LogP contribution in [0.3, 0.4) is 0 Å². The zero-order chi connectivity index (χ0) is 14.5. The van der Waals surface area contributed by atoms with Crippen molar-refractivity contribution in [2.75, 3.05) is 6.61 Å². The SMILES string of the molecule is OCC(Cc1ccc(F)cc1)Cc1ccc(F)c(F)c1. The van der Waals surface area contributed by atoms with Gasteiger partial charge in [0.25, 0.3) is 0 Å². The van der Waals surface area contributed by atoms with Gasteiger partial charge in [0.2, 0.25) is 0 Å². The summed E-state index contributed by atoms with van der Waals surface area (Å²) in [6.45, 7) is -0.0730. The van der Waals surface area contributed by atoms with Crippen LogP contribution in [0.5, 0.6) is 0 Å². The molecule has 1 unspecified atom stereocenters. The number of rotatable bonds is 5. The fraction of sp³-hybridized carbons (Fsp3) is 0.250. The molecule has 2 aromatic carbocycles. The zero-order valence-corrected chi connectivity index (χ0v) is 10.8. The maximum absolute atomic E-state index is 13.1. The van der Waals surface area contributed by atoms with Crippen molar-refractivity contribution in [3.05, 3.63) is 71.0 Å². The predicted octanol–water partition coefficient (Wildman–Crippen LogP) is 3.50. The largest absolute Gasteiger partial charge is 0.396 e. The van der Waals surface area contributed by atoms with Gasteiger partial charge in [0.15, 0.2) is 11.6 Å². The van der Waals surface area contributed by atoms with Crippen molar-refractivity contribution in [3.63, 3.8) is 0 Å². The zero-order valence-electron chi connectivity index (χ0n) is 10.8. The first kappa shape index (κ1) is 14.6. The quantitative estimate of drug-likeness (QED) is 0.888. The molecule has 0 bridgehead atoms. The molecule has 0 fully saturated rings. The van der Waals surface area contributed by atoms with Crippen molar-refractivity contribution in [2.45, 2.75) is 12.8 Å². The van der Waals surface area contributed by atoms with E-state index in [1.807, 2.05) is 0 Å². The highest BCUT2D eigenvalue weighted by atomic mass is 19.2. The molecule has 0 spiro atoms. The Morgan fingerprint density at radius 2 is 1.40 bits per heavy atom. The molecule has 0 aliphatic rings. The highest BCUT2D eigenvalue weighted by molar-refractivity contribution is 5.20. The molecular weight excluding hydrogens is 265 g/mol. The minimum Gasteiger partial charge on any atom is -0.396 e. The molecule has 0 saturated heterocycles. The average molecular weight is 280 g/mol. The van der Waals surface area contributed by atoms with E-state index in [1.165, 1.54) is 18.2 Å². The summed E-state index contributed by atoms with van der Waals surface area (Å²) in [5.74, 6) is -2.20. The fourth-order valence-corrected chi connectivity index (χ4v) is 2.16. The van der Waals surface area contributed by atoms with Gasteiger partial charge in [0.05, 0.1) is 0 Å². The Bertz CT molecular complexity index is 566. The molecule has 1 nitrogen and oxygen atoms in total. The van der Waals surface area contributed by atoms with Crippen molar-refractivity contribution in [1.29, 1.82) is 0 Å². The van der Waals surface area contributed by atoms with E-state index in [2.05, 4.69) is 0 Å². The Morgan fingerprint density at radius 3 is 2.00 bits per heavy atom. The van der Waals surface area contributed by atoms with Crippen molar-refractivity contribution in [3.8, 4) is 0 Å². The van der Waals surface area contributed by atoms with Crippen molar-refractivity contribution >= 4 is 0 Å². The number of aliphatic hydroxyl groups excluding tert-OH is 1. The van der Waals surface area contributed by atoms with Gasteiger partial charge >= 0.3 is 0 Å². The van der Waals surface area contributed by atoms with Crippen LogP contribution in [0.1, 0.15) is 11.1 Å². The second kappa shape index (κ2) is 6.57. The predicted molar refractivity (Wildman–Crippen MR) is 70.7 cm³/mol. The monoisotopic (exact) mass is 280 g/mol. The molecule has 106 valence electrons. The molecule has 2 rings (SSSR count). The Labute approximate surface area is 115 Å². The highest BCUT2D eigenvalue weighted by Crippen LogP contribution is 2.17. The first-order valence-electron chi connectivity index (χ1n) is 6.37. The van der Waals surface area contributed by atoms with Gasteiger partial charge in [-0.25, -0.2) is 13.2 Å². The highest BCUT2D eigenvalue weighted by Gasteiger charge is 2.11. The van der Waals surface area contributed by atoms with Crippen molar-refractivity contribution in [1.82, 2.24) is 0 Å². The van der Waals surface area contributed by atoms with Gasteiger partial charge in [-0.3, -0.25) is 0 Å². The third-order valence-electron chi connectivity index (χ3n) is 3.20. The number of halogens is 3. The fourth-order valence-electron chi connectivity index (χ4n) is 2.16. The molecule has 0 aromatic heterocycles. The molecule has 2 aromatic rings. The van der Waals surface area contributed by atoms with Gasteiger partial charge in [0, 0.05) is 6.61 Å². The van der Waals surface area contributed by atoms with Gasteiger partial charge in [0.1, 0.15) is 5.82 Å². The summed E-state index contributed by atoms with van der Waals surface area (Å²) in [4.78, 5) is 0. The lowest BCUT2D eigenvalue weighted by atomic mass is 9.93. The Kier molecular flexibility index (Phi) is 4.79. The van der Waals surface area contributed by atoms with Crippen LogP contribution in [0.25, 0.3) is 0 Å². The molecular formula is C16H15F3O. The van der Waals surface area contributed by atoms with Crippen LogP contribution in [-0.2, 0) is 12.8 Å². The number of hydrogen-bond acceptors (Lipinski definition) is 1. The molecule has 0 aliphatic heterocycles. The number of aliphatic hydroxyl groups is 1. The summed E-state index contributed by atoms with van der Waals surface area (Å²) in [7, 11) is 0. The van der Waals surface area contributed by atoms with E-state index in [1.54, 1.807) is 12.1 Å². The van der Waals surface area contributed by atoms with Crippen LogP contribution in [0.15, 0.2) is 42.5 Å². The second-order valence-corrected chi connectivity index (χ2v) is 4.83. The summed E-state index contributed by atoms with van der Waals surface area (Å²) in [5.41, 5.74) is 1.53. The molecule has 0 radical (unpaired) electrons. The van der Waals surface area contributed by atoms with Gasteiger partial charge in [-0.2, -0.15) is 0 Å². The molecule has 0 amide bonds. The Morgan fingerprint density at radius 1 is 0.800 bits per heavy atom. The maximum Gasteiger partial charge on any atom is 0.159 e. The molecule has 20 heavy (non-hydrogen) atoms. The minimum absolute atomic E-state index is 0.0730. The van der Waals surface area contributed by atoms with Gasteiger partial charge in [-0.05, 0) is 54.2 Å². The summed E-state index contributed by atoms with van der Waals surface area (Å²) in [5, 5.41) is 9.39. The molecule has 0 aliphatic carbocycles. The van der Waals surface area contributed by atoms with Gasteiger partial charge in [-0.1, -0.05) is 18.2 Å². The third kappa shape index (κ3) is 3.84. The van der Waals surface area contributed by atoms with Crippen LogP contribution >= 0.6 is 0 Å². The maximum atomic E-state index is 13.1. The lowest BCUT2D eigenvalue weighted by Gasteiger charge is -2.14. The lowest BCUT2D eigenvalue weighted by Crippen LogP contribution is -2.13. The van der Waals surface area contributed by atoms with Crippen LogP contribution in [0, 0.1) is 23.4 Å². The van der Waals surface area contributed by atoms with E-state index in [0.29, 0.717) is 18.4 Å². The molecule has 4 heteroatoms. The molecule has 1 N–H and O–H groups in total. The topological polar surface area (TPSA) is 20.2 Å². The van der Waals surface area contributed by atoms with Crippen LogP contribution in [-0.4, -0.2) is 11.7 Å². The average Bonchev–Trinajstić information content (AvgIpc) is 2.44.